The molecule has 0 unspecified atom stereocenters. The zero-order valence-electron chi connectivity index (χ0n) is 15.0. The Morgan fingerprint density at radius 1 is 1.12 bits per heavy atom. The normalized spacial score (nSPS) is 14.2. The third-order valence-electron chi connectivity index (χ3n) is 4.34. The molecule has 0 aliphatic carbocycles. The molecule has 3 rings (SSSR count). The summed E-state index contributed by atoms with van der Waals surface area (Å²) in [6.45, 7) is 3.97. The lowest BCUT2D eigenvalue weighted by Crippen LogP contribution is -2.51. The first-order chi connectivity index (χ1) is 12.6. The van der Waals surface area contributed by atoms with Gasteiger partial charge in [-0.3, -0.25) is 10.00 Å². The highest BCUT2D eigenvalue weighted by atomic mass is 16.6. The monoisotopic (exact) mass is 357 g/mol. The number of nitrogens with zero attached hydrogens (tertiary/aromatic N) is 4. The molecule has 3 amide bonds. The molecule has 1 N–H and O–H groups in total. The third kappa shape index (κ3) is 3.79. The third-order valence-corrected chi connectivity index (χ3v) is 4.34. The van der Waals surface area contributed by atoms with Gasteiger partial charge in [-0.2, -0.15) is 5.10 Å². The average Bonchev–Trinajstić information content (AvgIpc) is 3.03. The molecule has 1 saturated heterocycles. The average molecular weight is 357 g/mol. The molecule has 0 bridgehead atoms. The number of ether oxygens (including phenoxy) is 1. The Morgan fingerprint density at radius 2 is 1.77 bits per heavy atom. The molecule has 8 heteroatoms. The molecule has 1 aliphatic rings. The predicted octanol–water partition coefficient (Wildman–Crippen LogP) is 2.39. The SMILES string of the molecule is CCOC(=O)N1CCN(C(=O)Nc2c(-c3ccccc3)cnn2C)CC1. The molecule has 2 aromatic rings. The first kappa shape index (κ1) is 17.8. The van der Waals surface area contributed by atoms with Crippen LogP contribution in [0.15, 0.2) is 36.5 Å². The summed E-state index contributed by atoms with van der Waals surface area (Å²) in [5.41, 5.74) is 1.86. The van der Waals surface area contributed by atoms with E-state index in [0.29, 0.717) is 38.6 Å². The van der Waals surface area contributed by atoms with Crippen molar-refractivity contribution in [3.8, 4) is 11.1 Å². The number of piperazine rings is 1. The number of amides is 3. The van der Waals surface area contributed by atoms with Gasteiger partial charge in [-0.25, -0.2) is 9.59 Å². The summed E-state index contributed by atoms with van der Waals surface area (Å²) in [5, 5.41) is 7.21. The molecule has 8 nitrogen and oxygen atoms in total. The van der Waals surface area contributed by atoms with Crippen LogP contribution in [-0.2, 0) is 11.8 Å². The molecule has 0 spiro atoms. The number of rotatable bonds is 3. The Hall–Kier alpha value is -3.03. The van der Waals surface area contributed by atoms with Crippen LogP contribution >= 0.6 is 0 Å². The number of nitrogens with one attached hydrogen (secondary N) is 1. The van der Waals surface area contributed by atoms with E-state index < -0.39 is 0 Å². The Bertz CT molecular complexity index is 766. The van der Waals surface area contributed by atoms with Crippen LogP contribution < -0.4 is 5.32 Å². The van der Waals surface area contributed by atoms with Gasteiger partial charge < -0.3 is 14.5 Å². The van der Waals surface area contributed by atoms with Gasteiger partial charge in [0.2, 0.25) is 0 Å². The van der Waals surface area contributed by atoms with Crippen LogP contribution in [0.3, 0.4) is 0 Å². The minimum Gasteiger partial charge on any atom is -0.450 e. The molecule has 1 aromatic carbocycles. The quantitative estimate of drug-likeness (QED) is 0.915. The van der Waals surface area contributed by atoms with Crippen LogP contribution in [0.5, 0.6) is 0 Å². The van der Waals surface area contributed by atoms with Crippen molar-refractivity contribution >= 4 is 17.9 Å². The van der Waals surface area contributed by atoms with Gasteiger partial charge in [-0.15, -0.1) is 0 Å². The summed E-state index contributed by atoms with van der Waals surface area (Å²) in [4.78, 5) is 27.7. The molecule has 2 heterocycles. The largest absolute Gasteiger partial charge is 0.450 e. The van der Waals surface area contributed by atoms with Crippen LogP contribution in [-0.4, -0.2) is 64.5 Å². The topological polar surface area (TPSA) is 79.7 Å². The number of carbonyl (C=O) groups excluding carboxylic acids is 2. The van der Waals surface area contributed by atoms with Crippen LogP contribution in [0.1, 0.15) is 6.92 Å². The van der Waals surface area contributed by atoms with Crippen molar-refractivity contribution < 1.29 is 14.3 Å². The van der Waals surface area contributed by atoms with E-state index in [-0.39, 0.29) is 12.1 Å². The molecule has 1 fully saturated rings. The van der Waals surface area contributed by atoms with E-state index in [1.807, 2.05) is 30.3 Å². The van der Waals surface area contributed by atoms with Crippen molar-refractivity contribution in [3.05, 3.63) is 36.5 Å². The van der Waals surface area contributed by atoms with Gasteiger partial charge in [0.25, 0.3) is 0 Å². The Kier molecular flexibility index (Phi) is 5.40. The minimum atomic E-state index is -0.328. The standard InChI is InChI=1S/C18H23N5O3/c1-3-26-18(25)23-11-9-22(10-12-23)17(24)20-16-15(13-19-21(16)2)14-7-5-4-6-8-14/h4-8,13H,3,9-12H2,1-2H3,(H,20,24). The molecule has 138 valence electrons. The molecule has 0 radical (unpaired) electrons. The number of hydrogen-bond donors (Lipinski definition) is 1. The van der Waals surface area contributed by atoms with Gasteiger partial charge in [0.05, 0.1) is 12.8 Å². The first-order valence-corrected chi connectivity index (χ1v) is 8.65. The van der Waals surface area contributed by atoms with Crippen molar-refractivity contribution in [2.45, 2.75) is 6.92 Å². The second kappa shape index (κ2) is 7.90. The molecule has 0 saturated carbocycles. The van der Waals surface area contributed by atoms with Gasteiger partial charge >= 0.3 is 12.1 Å². The lowest BCUT2D eigenvalue weighted by molar-refractivity contribution is 0.0868. The number of benzene rings is 1. The zero-order chi connectivity index (χ0) is 18.5. The number of anilines is 1. The maximum Gasteiger partial charge on any atom is 0.409 e. The Balaban J connectivity index is 1.65. The highest BCUT2D eigenvalue weighted by Gasteiger charge is 2.26. The number of aryl methyl sites for hydroxylation is 1. The Labute approximate surface area is 152 Å². The fraction of sp³-hybridized carbons (Fsp3) is 0.389. The highest BCUT2D eigenvalue weighted by Crippen LogP contribution is 2.27. The van der Waals surface area contributed by atoms with E-state index >= 15 is 0 Å². The minimum absolute atomic E-state index is 0.200. The second-order valence-corrected chi connectivity index (χ2v) is 6.00. The van der Waals surface area contributed by atoms with Gasteiger partial charge in [0.1, 0.15) is 5.82 Å². The van der Waals surface area contributed by atoms with Crippen LogP contribution in [0.2, 0.25) is 0 Å². The van der Waals surface area contributed by atoms with Crippen LogP contribution in [0.4, 0.5) is 15.4 Å². The highest BCUT2D eigenvalue weighted by molar-refractivity contribution is 5.93. The molecular formula is C18H23N5O3. The second-order valence-electron chi connectivity index (χ2n) is 6.00. The van der Waals surface area contributed by atoms with Crippen LogP contribution in [0, 0.1) is 0 Å². The Morgan fingerprint density at radius 3 is 2.42 bits per heavy atom. The molecule has 1 aliphatic heterocycles. The van der Waals surface area contributed by atoms with E-state index in [0.717, 1.165) is 11.1 Å². The summed E-state index contributed by atoms with van der Waals surface area (Å²) in [6, 6.07) is 9.59. The van der Waals surface area contributed by atoms with E-state index in [1.54, 1.807) is 34.6 Å². The summed E-state index contributed by atoms with van der Waals surface area (Å²) >= 11 is 0. The van der Waals surface area contributed by atoms with E-state index in [9.17, 15) is 9.59 Å². The number of carbonyl (C=O) groups is 2. The lowest BCUT2D eigenvalue weighted by atomic mass is 10.1. The van der Waals surface area contributed by atoms with E-state index in [1.165, 1.54) is 0 Å². The predicted molar refractivity (Wildman–Crippen MR) is 97.8 cm³/mol. The molecule has 1 aromatic heterocycles. The van der Waals surface area contributed by atoms with Crippen molar-refractivity contribution in [3.63, 3.8) is 0 Å². The van der Waals surface area contributed by atoms with Crippen molar-refractivity contribution in [2.24, 2.45) is 7.05 Å². The van der Waals surface area contributed by atoms with Gasteiger partial charge in [0, 0.05) is 38.8 Å². The molecular weight excluding hydrogens is 334 g/mol. The van der Waals surface area contributed by atoms with Gasteiger partial charge in [0.15, 0.2) is 0 Å². The molecule has 26 heavy (non-hydrogen) atoms. The maximum absolute atomic E-state index is 12.6. The van der Waals surface area contributed by atoms with E-state index in [4.69, 9.17) is 4.74 Å². The fourth-order valence-electron chi connectivity index (χ4n) is 2.90. The number of hydrogen-bond acceptors (Lipinski definition) is 4. The zero-order valence-corrected chi connectivity index (χ0v) is 15.0. The number of aromatic nitrogens is 2. The fourth-order valence-corrected chi connectivity index (χ4v) is 2.90. The summed E-state index contributed by atoms with van der Waals surface area (Å²) in [6.07, 6.45) is 1.41. The van der Waals surface area contributed by atoms with Crippen molar-refractivity contribution in [1.82, 2.24) is 19.6 Å². The number of urea groups is 1. The van der Waals surface area contributed by atoms with Crippen molar-refractivity contribution in [2.75, 3.05) is 38.1 Å². The van der Waals surface area contributed by atoms with Crippen LogP contribution in [0.25, 0.3) is 11.1 Å². The van der Waals surface area contributed by atoms with E-state index in [2.05, 4.69) is 10.4 Å². The summed E-state index contributed by atoms with van der Waals surface area (Å²) in [7, 11) is 1.79. The smallest absolute Gasteiger partial charge is 0.409 e. The van der Waals surface area contributed by atoms with Gasteiger partial charge in [-0.1, -0.05) is 30.3 Å². The lowest BCUT2D eigenvalue weighted by Gasteiger charge is -2.34. The van der Waals surface area contributed by atoms with Gasteiger partial charge in [-0.05, 0) is 12.5 Å². The maximum atomic E-state index is 12.6. The first-order valence-electron chi connectivity index (χ1n) is 8.65. The summed E-state index contributed by atoms with van der Waals surface area (Å²) < 4.78 is 6.65. The van der Waals surface area contributed by atoms with Crippen molar-refractivity contribution in [1.29, 1.82) is 0 Å². The molecule has 0 atom stereocenters. The summed E-state index contributed by atoms with van der Waals surface area (Å²) in [5.74, 6) is 0.647.